The third-order valence-corrected chi connectivity index (χ3v) is 5.08. The summed E-state index contributed by atoms with van der Waals surface area (Å²) in [5.41, 5.74) is 0.710. The average molecular weight is 420 g/mol. The van der Waals surface area contributed by atoms with Crippen LogP contribution in [-0.4, -0.2) is 33.5 Å². The molecule has 3 amide bonds. The smallest absolute Gasteiger partial charge is 0.328 e. The number of carbonyl (C=O) groups is 2. The van der Waals surface area contributed by atoms with Gasteiger partial charge in [-0.05, 0) is 35.7 Å². The van der Waals surface area contributed by atoms with Crippen LogP contribution in [0, 0.1) is 5.92 Å². The maximum atomic E-state index is 12.2. The molecule has 0 aliphatic rings. The fourth-order valence-electron chi connectivity index (χ4n) is 2.22. The Balaban J connectivity index is 1.82. The van der Waals surface area contributed by atoms with E-state index in [4.69, 9.17) is 4.74 Å². The maximum Gasteiger partial charge on any atom is 0.328 e. The van der Waals surface area contributed by atoms with Crippen LogP contribution >= 0.6 is 0 Å². The van der Waals surface area contributed by atoms with Crippen LogP contribution in [0.15, 0.2) is 59.5 Å². The van der Waals surface area contributed by atoms with Crippen LogP contribution < -0.4 is 20.1 Å². The maximum absolute atomic E-state index is 12.2. The van der Waals surface area contributed by atoms with E-state index in [1.807, 2.05) is 36.8 Å². The number of hydrogen-bond acceptors (Lipinski definition) is 5. The topological polar surface area (TPSA) is 114 Å². The van der Waals surface area contributed by atoms with E-state index in [1.165, 1.54) is 12.1 Å². The standard InChI is InChI=1S/C20H25N3O5S/c1-15(2)12-22-20(25)23-29(26,27)18-10-8-16(9-11-18)13-21-19(24)14-28-17-6-4-3-5-7-17/h3-11,15H,12-14H2,1-2H3,(H,21,24)(H2,22,23,25). The van der Waals surface area contributed by atoms with Gasteiger partial charge < -0.3 is 15.4 Å². The zero-order valence-electron chi connectivity index (χ0n) is 16.3. The number of urea groups is 1. The van der Waals surface area contributed by atoms with Gasteiger partial charge in [0.2, 0.25) is 0 Å². The zero-order chi connectivity index (χ0) is 21.3. The Hall–Kier alpha value is -3.07. The number of benzene rings is 2. The Kier molecular flexibility index (Phi) is 8.02. The molecule has 29 heavy (non-hydrogen) atoms. The number of hydrogen-bond donors (Lipinski definition) is 3. The Morgan fingerprint density at radius 3 is 2.24 bits per heavy atom. The minimum Gasteiger partial charge on any atom is -0.484 e. The van der Waals surface area contributed by atoms with Gasteiger partial charge in [0.1, 0.15) is 5.75 Å². The second-order valence-electron chi connectivity index (χ2n) is 6.73. The van der Waals surface area contributed by atoms with Crippen molar-refractivity contribution in [1.82, 2.24) is 15.4 Å². The molecule has 2 rings (SSSR count). The van der Waals surface area contributed by atoms with E-state index < -0.39 is 16.1 Å². The summed E-state index contributed by atoms with van der Waals surface area (Å²) < 4.78 is 31.8. The molecular formula is C20H25N3O5S. The Labute approximate surface area is 170 Å². The summed E-state index contributed by atoms with van der Waals surface area (Å²) >= 11 is 0. The highest BCUT2D eigenvalue weighted by Crippen LogP contribution is 2.11. The predicted octanol–water partition coefficient (Wildman–Crippen LogP) is 2.03. The molecule has 3 N–H and O–H groups in total. The van der Waals surface area contributed by atoms with E-state index in [-0.39, 0.29) is 29.9 Å². The van der Waals surface area contributed by atoms with Crippen molar-refractivity contribution in [3.8, 4) is 5.75 Å². The molecule has 2 aromatic rings. The van der Waals surface area contributed by atoms with E-state index in [1.54, 1.807) is 24.3 Å². The third-order valence-electron chi connectivity index (χ3n) is 3.73. The van der Waals surface area contributed by atoms with Gasteiger partial charge in [0.25, 0.3) is 15.9 Å². The molecule has 8 nitrogen and oxygen atoms in total. The van der Waals surface area contributed by atoms with Crippen molar-refractivity contribution in [3.05, 3.63) is 60.2 Å². The van der Waals surface area contributed by atoms with Crippen molar-refractivity contribution < 1.29 is 22.7 Å². The van der Waals surface area contributed by atoms with Gasteiger partial charge in [0.05, 0.1) is 4.90 Å². The van der Waals surface area contributed by atoms with Crippen molar-refractivity contribution in [1.29, 1.82) is 0 Å². The van der Waals surface area contributed by atoms with Crippen LogP contribution in [-0.2, 0) is 21.4 Å². The molecule has 0 aliphatic carbocycles. The number of nitrogens with one attached hydrogen (secondary N) is 3. The molecule has 0 spiro atoms. The van der Waals surface area contributed by atoms with Crippen molar-refractivity contribution >= 4 is 22.0 Å². The molecule has 2 aromatic carbocycles. The zero-order valence-corrected chi connectivity index (χ0v) is 17.2. The van der Waals surface area contributed by atoms with Crippen LogP contribution in [0.1, 0.15) is 19.4 Å². The molecule has 0 atom stereocenters. The molecule has 0 saturated carbocycles. The molecule has 0 radical (unpaired) electrons. The van der Waals surface area contributed by atoms with Crippen molar-refractivity contribution in [3.63, 3.8) is 0 Å². The summed E-state index contributed by atoms with van der Waals surface area (Å²) in [5.74, 6) is 0.507. The van der Waals surface area contributed by atoms with Crippen LogP contribution in [0.4, 0.5) is 4.79 Å². The fourth-order valence-corrected chi connectivity index (χ4v) is 3.15. The Morgan fingerprint density at radius 2 is 1.62 bits per heavy atom. The van der Waals surface area contributed by atoms with E-state index in [0.29, 0.717) is 17.9 Å². The second-order valence-corrected chi connectivity index (χ2v) is 8.41. The first-order valence-corrected chi connectivity index (χ1v) is 10.6. The summed E-state index contributed by atoms with van der Waals surface area (Å²) in [6.45, 7) is 4.28. The van der Waals surface area contributed by atoms with E-state index in [2.05, 4.69) is 10.6 Å². The lowest BCUT2D eigenvalue weighted by Crippen LogP contribution is -2.40. The third kappa shape index (κ3) is 7.82. The Morgan fingerprint density at radius 1 is 0.966 bits per heavy atom. The average Bonchev–Trinajstić information content (AvgIpc) is 2.70. The number of ether oxygens (including phenoxy) is 1. The van der Waals surface area contributed by atoms with Crippen LogP contribution in [0.25, 0.3) is 0 Å². The lowest BCUT2D eigenvalue weighted by molar-refractivity contribution is -0.123. The quantitative estimate of drug-likeness (QED) is 0.575. The Bertz CT molecular complexity index is 913. The summed E-state index contributed by atoms with van der Waals surface area (Å²) in [6.07, 6.45) is 0. The first-order chi connectivity index (χ1) is 13.8. The van der Waals surface area contributed by atoms with Gasteiger partial charge in [-0.25, -0.2) is 17.9 Å². The van der Waals surface area contributed by atoms with Crippen LogP contribution in [0.3, 0.4) is 0 Å². The number of sulfonamides is 1. The normalized spacial score (nSPS) is 11.0. The molecule has 0 heterocycles. The van der Waals surface area contributed by atoms with Gasteiger partial charge in [0, 0.05) is 13.1 Å². The molecule has 0 aliphatic heterocycles. The van der Waals surface area contributed by atoms with E-state index in [9.17, 15) is 18.0 Å². The molecule has 9 heteroatoms. The lowest BCUT2D eigenvalue weighted by Gasteiger charge is -2.11. The van der Waals surface area contributed by atoms with Crippen LogP contribution in [0.2, 0.25) is 0 Å². The van der Waals surface area contributed by atoms with Crippen molar-refractivity contribution in [2.75, 3.05) is 13.2 Å². The minimum absolute atomic E-state index is 0.0420. The highest BCUT2D eigenvalue weighted by molar-refractivity contribution is 7.90. The minimum atomic E-state index is -3.96. The number of para-hydroxylation sites is 1. The first kappa shape index (κ1) is 22.2. The second kappa shape index (κ2) is 10.5. The monoisotopic (exact) mass is 419 g/mol. The summed E-state index contributed by atoms with van der Waals surface area (Å²) in [4.78, 5) is 23.5. The van der Waals surface area contributed by atoms with Gasteiger partial charge in [-0.15, -0.1) is 0 Å². The van der Waals surface area contributed by atoms with E-state index >= 15 is 0 Å². The molecule has 0 aromatic heterocycles. The van der Waals surface area contributed by atoms with Gasteiger partial charge >= 0.3 is 6.03 Å². The highest BCUT2D eigenvalue weighted by Gasteiger charge is 2.17. The van der Waals surface area contributed by atoms with Crippen molar-refractivity contribution in [2.45, 2.75) is 25.3 Å². The predicted molar refractivity (Wildman–Crippen MR) is 109 cm³/mol. The highest BCUT2D eigenvalue weighted by atomic mass is 32.2. The van der Waals surface area contributed by atoms with Gasteiger partial charge in [0.15, 0.2) is 6.61 Å². The number of carbonyl (C=O) groups excluding carboxylic acids is 2. The van der Waals surface area contributed by atoms with Crippen molar-refractivity contribution in [2.24, 2.45) is 5.92 Å². The van der Waals surface area contributed by atoms with Gasteiger partial charge in [-0.1, -0.05) is 44.2 Å². The van der Waals surface area contributed by atoms with Crippen LogP contribution in [0.5, 0.6) is 5.75 Å². The molecule has 0 fully saturated rings. The lowest BCUT2D eigenvalue weighted by atomic mass is 10.2. The molecule has 0 saturated heterocycles. The van der Waals surface area contributed by atoms with Gasteiger partial charge in [-0.2, -0.15) is 0 Å². The first-order valence-electron chi connectivity index (χ1n) is 9.10. The molecule has 156 valence electrons. The fraction of sp³-hybridized carbons (Fsp3) is 0.300. The molecule has 0 unspecified atom stereocenters. The SMILES string of the molecule is CC(C)CNC(=O)NS(=O)(=O)c1ccc(CNC(=O)COc2ccccc2)cc1. The summed E-state index contributed by atoms with van der Waals surface area (Å²) in [6, 6.07) is 14.1. The molecular weight excluding hydrogens is 394 g/mol. The summed E-state index contributed by atoms with van der Waals surface area (Å²) in [7, 11) is -3.96. The van der Waals surface area contributed by atoms with Gasteiger partial charge in [-0.3, -0.25) is 4.79 Å². The molecule has 0 bridgehead atoms. The largest absolute Gasteiger partial charge is 0.484 e. The number of rotatable bonds is 9. The van der Waals surface area contributed by atoms with E-state index in [0.717, 1.165) is 0 Å². The number of amides is 3. The summed E-state index contributed by atoms with van der Waals surface area (Å²) in [5, 5.41) is 5.18.